The second-order valence-corrected chi connectivity index (χ2v) is 15.0. The van der Waals surface area contributed by atoms with E-state index in [2.05, 4.69) is 45.9 Å². The van der Waals surface area contributed by atoms with Crippen molar-refractivity contribution in [3.05, 3.63) is 23.8 Å². The highest BCUT2D eigenvalue weighted by molar-refractivity contribution is 8.00. The van der Waals surface area contributed by atoms with E-state index < -0.39 is 0 Å². The Hall–Kier alpha value is -1.04. The molecule has 10 atom stereocenters. The molecule has 5 heteroatoms. The summed E-state index contributed by atoms with van der Waals surface area (Å²) in [6, 6.07) is 6.42. The van der Waals surface area contributed by atoms with Crippen LogP contribution in [-0.2, 0) is 4.79 Å². The smallest absolute Gasteiger partial charge is 0.227 e. The molecule has 4 nitrogen and oxygen atoms in total. The molecule has 37 heavy (non-hydrogen) atoms. The number of carbonyl (C=O) groups is 1. The Labute approximate surface area is 228 Å². The van der Waals surface area contributed by atoms with Gasteiger partial charge in [-0.05, 0) is 129 Å². The molecule has 204 valence electrons. The summed E-state index contributed by atoms with van der Waals surface area (Å²) in [6.07, 6.45) is 9.97. The van der Waals surface area contributed by atoms with E-state index >= 15 is 0 Å². The van der Waals surface area contributed by atoms with Crippen LogP contribution in [0.25, 0.3) is 0 Å². The van der Waals surface area contributed by atoms with Crippen molar-refractivity contribution in [2.24, 2.45) is 46.3 Å². The lowest BCUT2D eigenvalue weighted by Gasteiger charge is -2.62. The number of hydrogen-bond donors (Lipinski definition) is 2. The summed E-state index contributed by atoms with van der Waals surface area (Å²) in [4.78, 5) is 16.5. The van der Waals surface area contributed by atoms with E-state index in [-0.39, 0.29) is 28.9 Å². The molecule has 4 aliphatic carbocycles. The zero-order valence-corrected chi connectivity index (χ0v) is 24.1. The van der Waals surface area contributed by atoms with Gasteiger partial charge in [-0.2, -0.15) is 0 Å². The Morgan fingerprint density at radius 2 is 1.84 bits per heavy atom. The first-order valence-corrected chi connectivity index (χ1v) is 16.0. The molecule has 0 unspecified atom stereocenters. The fraction of sp³-hybridized carbons (Fsp3) is 0.781. The molecule has 2 N–H and O–H groups in total. The van der Waals surface area contributed by atoms with Crippen molar-refractivity contribution < 1.29 is 15.0 Å². The van der Waals surface area contributed by atoms with E-state index in [4.69, 9.17) is 0 Å². The van der Waals surface area contributed by atoms with E-state index in [1.54, 1.807) is 11.8 Å². The zero-order valence-electron chi connectivity index (χ0n) is 23.3. The molecule has 6 rings (SSSR count). The van der Waals surface area contributed by atoms with Gasteiger partial charge in [-0.25, -0.2) is 0 Å². The third-order valence-electron chi connectivity index (χ3n) is 12.3. The molecule has 4 saturated carbocycles. The highest BCUT2D eigenvalue weighted by atomic mass is 32.2. The Morgan fingerprint density at radius 1 is 1.08 bits per heavy atom. The fourth-order valence-electron chi connectivity index (χ4n) is 10.2. The third kappa shape index (κ3) is 4.21. The molecule has 0 saturated heterocycles. The molecule has 1 amide bonds. The summed E-state index contributed by atoms with van der Waals surface area (Å²) in [7, 11) is 0. The molecule has 0 bridgehead atoms. The monoisotopic (exact) mass is 525 g/mol. The van der Waals surface area contributed by atoms with E-state index in [1.807, 2.05) is 4.90 Å². The molecule has 1 heterocycles. The van der Waals surface area contributed by atoms with Gasteiger partial charge in [0, 0.05) is 11.3 Å². The van der Waals surface area contributed by atoms with Gasteiger partial charge in [0.15, 0.2) is 0 Å². The van der Waals surface area contributed by atoms with Crippen molar-refractivity contribution in [3.63, 3.8) is 0 Å². The van der Waals surface area contributed by atoms with Crippen LogP contribution in [0.15, 0.2) is 23.1 Å². The van der Waals surface area contributed by atoms with Gasteiger partial charge < -0.3 is 15.1 Å². The van der Waals surface area contributed by atoms with E-state index in [1.165, 1.54) is 36.1 Å². The van der Waals surface area contributed by atoms with Crippen molar-refractivity contribution in [2.75, 3.05) is 10.8 Å². The summed E-state index contributed by atoms with van der Waals surface area (Å²) in [5.74, 6) is 4.25. The van der Waals surface area contributed by atoms with E-state index in [0.717, 1.165) is 43.7 Å². The summed E-state index contributed by atoms with van der Waals surface area (Å²) >= 11 is 1.78. The van der Waals surface area contributed by atoms with Gasteiger partial charge in [0.2, 0.25) is 5.91 Å². The Kier molecular flexibility index (Phi) is 6.76. The highest BCUT2D eigenvalue weighted by Gasteiger charge is 2.62. The molecular formula is C32H47NO3S. The SMILES string of the molecule is Cc1ccc2c(c1)SCN2C(=O)CC[C@@H](C)[C@H]1CC[C@H]2[C@@H]3[C@@H](O)C[C@@H]4C[C@H](O)CC[C@]4(C)[C@H]3CC[C@]12C. The maximum atomic E-state index is 13.3. The fourth-order valence-corrected chi connectivity index (χ4v) is 11.4. The maximum absolute atomic E-state index is 13.3. The van der Waals surface area contributed by atoms with Crippen molar-refractivity contribution in [1.82, 2.24) is 0 Å². The molecular weight excluding hydrogens is 478 g/mol. The molecule has 4 fully saturated rings. The van der Waals surface area contributed by atoms with Crippen LogP contribution in [0.2, 0.25) is 0 Å². The van der Waals surface area contributed by atoms with E-state index in [0.29, 0.717) is 41.9 Å². The average Bonchev–Trinajstić information content (AvgIpc) is 3.44. The molecule has 1 aliphatic heterocycles. The lowest BCUT2D eigenvalue weighted by atomic mass is 9.43. The van der Waals surface area contributed by atoms with Crippen LogP contribution in [0, 0.1) is 53.3 Å². The van der Waals surface area contributed by atoms with Gasteiger partial charge in [-0.15, -0.1) is 11.8 Å². The average molecular weight is 526 g/mol. The first kappa shape index (κ1) is 26.2. The lowest BCUT2D eigenvalue weighted by molar-refractivity contribution is -0.174. The van der Waals surface area contributed by atoms with Crippen LogP contribution >= 0.6 is 11.8 Å². The first-order chi connectivity index (χ1) is 17.6. The number of aliphatic hydroxyl groups is 2. The van der Waals surface area contributed by atoms with Crippen LogP contribution in [-0.4, -0.2) is 34.2 Å². The number of anilines is 1. The van der Waals surface area contributed by atoms with Crippen LogP contribution < -0.4 is 4.90 Å². The van der Waals surface area contributed by atoms with Crippen molar-refractivity contribution in [2.45, 2.75) is 109 Å². The van der Waals surface area contributed by atoms with Crippen LogP contribution in [0.1, 0.15) is 90.5 Å². The van der Waals surface area contributed by atoms with Crippen LogP contribution in [0.3, 0.4) is 0 Å². The van der Waals surface area contributed by atoms with Crippen LogP contribution in [0.4, 0.5) is 5.69 Å². The van der Waals surface area contributed by atoms with Gasteiger partial charge in [0.05, 0.1) is 23.8 Å². The van der Waals surface area contributed by atoms with E-state index in [9.17, 15) is 15.0 Å². The predicted octanol–water partition coefficient (Wildman–Crippen LogP) is 6.80. The minimum absolute atomic E-state index is 0.174. The molecule has 5 aliphatic rings. The molecule has 0 spiro atoms. The summed E-state index contributed by atoms with van der Waals surface area (Å²) < 4.78 is 0. The summed E-state index contributed by atoms with van der Waals surface area (Å²) in [5, 5.41) is 21.8. The Balaban J connectivity index is 1.13. The summed E-state index contributed by atoms with van der Waals surface area (Å²) in [5.41, 5.74) is 2.90. The number of carbonyl (C=O) groups excluding carboxylic acids is 1. The number of aliphatic hydroxyl groups excluding tert-OH is 2. The molecule has 1 aromatic rings. The third-order valence-corrected chi connectivity index (χ3v) is 13.3. The van der Waals surface area contributed by atoms with Gasteiger partial charge in [0.25, 0.3) is 0 Å². The quantitative estimate of drug-likeness (QED) is 0.454. The molecule has 0 radical (unpaired) electrons. The number of aryl methyl sites for hydroxylation is 1. The maximum Gasteiger partial charge on any atom is 0.227 e. The summed E-state index contributed by atoms with van der Waals surface area (Å²) in [6.45, 7) is 9.53. The Morgan fingerprint density at radius 3 is 2.65 bits per heavy atom. The molecule has 1 aromatic carbocycles. The lowest BCUT2D eigenvalue weighted by Crippen LogP contribution is -2.58. The Bertz CT molecular complexity index is 1040. The van der Waals surface area contributed by atoms with Gasteiger partial charge in [-0.1, -0.05) is 26.8 Å². The number of fused-ring (bicyclic) bond motifs is 6. The number of hydrogen-bond acceptors (Lipinski definition) is 4. The number of benzene rings is 1. The highest BCUT2D eigenvalue weighted by Crippen LogP contribution is 2.68. The normalized spacial score (nSPS) is 43.5. The predicted molar refractivity (Wildman–Crippen MR) is 150 cm³/mol. The standard InChI is InChI=1S/C32H47NO3S/c1-19-5-9-26-28(15-19)37-18-33(26)29(36)10-6-20(2)23-7-8-24-30-25(12-14-32(23,24)4)31(3)13-11-22(34)16-21(31)17-27(30)35/h5,9,15,20-25,27,30,34-35H,6-8,10-14,16-18H2,1-4H3/t20-,21+,22-,23-,24+,25+,27+,30+,31+,32-/m1/s1. The van der Waals surface area contributed by atoms with Gasteiger partial charge in [-0.3, -0.25) is 4.79 Å². The van der Waals surface area contributed by atoms with Crippen molar-refractivity contribution >= 4 is 23.4 Å². The molecule has 0 aromatic heterocycles. The minimum Gasteiger partial charge on any atom is -0.393 e. The minimum atomic E-state index is -0.218. The second kappa shape index (κ2) is 9.55. The number of amides is 1. The largest absolute Gasteiger partial charge is 0.393 e. The number of rotatable bonds is 4. The van der Waals surface area contributed by atoms with Gasteiger partial charge in [0.1, 0.15) is 0 Å². The second-order valence-electron chi connectivity index (χ2n) is 14.0. The first-order valence-electron chi connectivity index (χ1n) is 15.0. The number of thioether (sulfide) groups is 1. The topological polar surface area (TPSA) is 60.8 Å². The van der Waals surface area contributed by atoms with Gasteiger partial charge >= 0.3 is 0 Å². The van der Waals surface area contributed by atoms with Crippen molar-refractivity contribution in [1.29, 1.82) is 0 Å². The zero-order chi connectivity index (χ0) is 26.1. The van der Waals surface area contributed by atoms with Crippen molar-refractivity contribution in [3.8, 4) is 0 Å². The van der Waals surface area contributed by atoms with Crippen LogP contribution in [0.5, 0.6) is 0 Å². The number of nitrogens with zero attached hydrogens (tertiary/aromatic N) is 1.